The van der Waals surface area contributed by atoms with E-state index in [0.717, 1.165) is 23.1 Å². The van der Waals surface area contributed by atoms with Crippen molar-refractivity contribution in [2.45, 2.75) is 32.1 Å². The molecule has 140 valence electrons. The van der Waals surface area contributed by atoms with E-state index in [-0.39, 0.29) is 12.5 Å². The van der Waals surface area contributed by atoms with E-state index in [1.807, 2.05) is 18.2 Å². The summed E-state index contributed by atoms with van der Waals surface area (Å²) in [7, 11) is 1.59. The van der Waals surface area contributed by atoms with Crippen molar-refractivity contribution in [3.05, 3.63) is 41.0 Å². The minimum absolute atomic E-state index is 0.103. The molecule has 0 unspecified atom stereocenters. The normalized spacial score (nSPS) is 13.7. The second kappa shape index (κ2) is 7.92. The van der Waals surface area contributed by atoms with E-state index in [4.69, 9.17) is 9.47 Å². The highest BCUT2D eigenvalue weighted by molar-refractivity contribution is 7.18. The van der Waals surface area contributed by atoms with E-state index < -0.39 is 0 Å². The molecular weight excluding hydrogens is 362 g/mol. The van der Waals surface area contributed by atoms with Crippen LogP contribution >= 0.6 is 11.3 Å². The van der Waals surface area contributed by atoms with Gasteiger partial charge in [-0.25, -0.2) is 9.97 Å². The van der Waals surface area contributed by atoms with Gasteiger partial charge < -0.3 is 14.8 Å². The molecule has 4 rings (SSSR count). The highest BCUT2D eigenvalue weighted by Crippen LogP contribution is 2.38. The fraction of sp³-hybridized carbons (Fsp3) is 0.350. The fourth-order valence-electron chi connectivity index (χ4n) is 3.38. The van der Waals surface area contributed by atoms with Crippen LogP contribution in [0.2, 0.25) is 0 Å². The monoisotopic (exact) mass is 383 g/mol. The average molecular weight is 383 g/mol. The number of methoxy groups -OCH3 is 1. The van der Waals surface area contributed by atoms with Crippen molar-refractivity contribution >= 4 is 33.1 Å². The van der Waals surface area contributed by atoms with Gasteiger partial charge in [-0.3, -0.25) is 4.79 Å². The molecule has 7 heteroatoms. The van der Waals surface area contributed by atoms with Crippen LogP contribution in [-0.2, 0) is 17.6 Å². The van der Waals surface area contributed by atoms with Gasteiger partial charge in [-0.05, 0) is 43.4 Å². The van der Waals surface area contributed by atoms with Crippen LogP contribution in [-0.4, -0.2) is 29.6 Å². The third-order valence-electron chi connectivity index (χ3n) is 4.66. The number of aryl methyl sites for hydroxylation is 2. The van der Waals surface area contributed by atoms with Crippen molar-refractivity contribution in [3.63, 3.8) is 0 Å². The van der Waals surface area contributed by atoms with Crippen LogP contribution in [0.25, 0.3) is 10.2 Å². The lowest BCUT2D eigenvalue weighted by molar-refractivity contribution is -0.118. The topological polar surface area (TPSA) is 73.3 Å². The molecule has 1 amide bonds. The molecule has 0 bridgehead atoms. The number of anilines is 1. The minimum Gasteiger partial charge on any atom is -0.497 e. The Bertz CT molecular complexity index is 970. The van der Waals surface area contributed by atoms with Crippen LogP contribution in [0.1, 0.15) is 29.7 Å². The third-order valence-corrected chi connectivity index (χ3v) is 5.86. The molecule has 2 aromatic heterocycles. The van der Waals surface area contributed by atoms with Crippen LogP contribution < -0.4 is 14.8 Å². The molecule has 0 fully saturated rings. The third kappa shape index (κ3) is 3.88. The highest BCUT2D eigenvalue weighted by Gasteiger charge is 2.20. The predicted molar refractivity (Wildman–Crippen MR) is 106 cm³/mol. The van der Waals surface area contributed by atoms with E-state index >= 15 is 0 Å². The van der Waals surface area contributed by atoms with Crippen molar-refractivity contribution in [3.8, 4) is 11.6 Å². The maximum absolute atomic E-state index is 12.3. The molecule has 0 aliphatic heterocycles. The van der Waals surface area contributed by atoms with E-state index in [9.17, 15) is 4.79 Å². The van der Waals surface area contributed by atoms with Crippen LogP contribution in [0.3, 0.4) is 0 Å². The Kier molecular flexibility index (Phi) is 5.20. The highest BCUT2D eigenvalue weighted by atomic mass is 32.1. The lowest BCUT2D eigenvalue weighted by atomic mass is 10.1. The molecular formula is C20H21N3O3S. The first kappa shape index (κ1) is 17.7. The summed E-state index contributed by atoms with van der Waals surface area (Å²) in [6.45, 7) is -0.103. The zero-order valence-corrected chi connectivity index (χ0v) is 16.0. The largest absolute Gasteiger partial charge is 0.497 e. The average Bonchev–Trinajstić information content (AvgIpc) is 2.88. The molecule has 0 saturated heterocycles. The number of rotatable bonds is 5. The zero-order valence-electron chi connectivity index (χ0n) is 15.2. The van der Waals surface area contributed by atoms with Gasteiger partial charge in [0.25, 0.3) is 5.91 Å². The SMILES string of the molecule is COc1cccc(NC(=O)COc2ncnc3sc4c(c23)CCCCC4)c1. The van der Waals surface area contributed by atoms with Gasteiger partial charge in [-0.1, -0.05) is 12.5 Å². The number of ether oxygens (including phenoxy) is 2. The Labute approximate surface area is 161 Å². The molecule has 1 aliphatic carbocycles. The molecule has 1 aromatic carbocycles. The van der Waals surface area contributed by atoms with Crippen molar-refractivity contribution < 1.29 is 14.3 Å². The Hall–Kier alpha value is -2.67. The van der Waals surface area contributed by atoms with Crippen molar-refractivity contribution in [2.75, 3.05) is 19.0 Å². The zero-order chi connectivity index (χ0) is 18.6. The number of nitrogens with one attached hydrogen (secondary N) is 1. The first-order valence-corrected chi connectivity index (χ1v) is 9.88. The number of aromatic nitrogens is 2. The van der Waals surface area contributed by atoms with Gasteiger partial charge in [0.05, 0.1) is 12.5 Å². The summed E-state index contributed by atoms with van der Waals surface area (Å²) < 4.78 is 11.0. The smallest absolute Gasteiger partial charge is 0.262 e. The Morgan fingerprint density at radius 3 is 3.00 bits per heavy atom. The van der Waals surface area contributed by atoms with Gasteiger partial charge in [0.1, 0.15) is 16.9 Å². The Balaban J connectivity index is 1.50. The summed E-state index contributed by atoms with van der Waals surface area (Å²) in [5.74, 6) is 0.948. The number of carbonyl (C=O) groups is 1. The number of fused-ring (bicyclic) bond motifs is 3. The number of benzene rings is 1. The maximum Gasteiger partial charge on any atom is 0.262 e. The molecule has 1 N–H and O–H groups in total. The summed E-state index contributed by atoms with van der Waals surface area (Å²) in [5, 5.41) is 3.80. The quantitative estimate of drug-likeness (QED) is 0.675. The van der Waals surface area contributed by atoms with E-state index in [2.05, 4.69) is 15.3 Å². The van der Waals surface area contributed by atoms with Gasteiger partial charge in [-0.2, -0.15) is 0 Å². The molecule has 0 saturated carbocycles. The summed E-state index contributed by atoms with van der Waals surface area (Å²) >= 11 is 1.72. The first-order chi connectivity index (χ1) is 13.2. The summed E-state index contributed by atoms with van der Waals surface area (Å²) in [6.07, 6.45) is 7.25. The predicted octanol–water partition coefficient (Wildman–Crippen LogP) is 3.99. The van der Waals surface area contributed by atoms with E-state index in [1.165, 1.54) is 36.0 Å². The van der Waals surface area contributed by atoms with Crippen LogP contribution in [0.4, 0.5) is 5.69 Å². The lowest BCUT2D eigenvalue weighted by Crippen LogP contribution is -2.20. The van der Waals surface area contributed by atoms with Crippen LogP contribution in [0.15, 0.2) is 30.6 Å². The lowest BCUT2D eigenvalue weighted by Gasteiger charge is -2.09. The second-order valence-electron chi connectivity index (χ2n) is 6.49. The van der Waals surface area contributed by atoms with Crippen LogP contribution in [0, 0.1) is 0 Å². The van der Waals surface area contributed by atoms with Crippen molar-refractivity contribution in [1.29, 1.82) is 0 Å². The van der Waals surface area contributed by atoms with E-state index in [0.29, 0.717) is 17.3 Å². The van der Waals surface area contributed by atoms with Gasteiger partial charge in [0.2, 0.25) is 5.88 Å². The number of carbonyl (C=O) groups excluding carboxylic acids is 1. The number of hydrogen-bond donors (Lipinski definition) is 1. The number of nitrogens with zero attached hydrogens (tertiary/aromatic N) is 2. The maximum atomic E-state index is 12.3. The molecule has 0 atom stereocenters. The molecule has 3 aromatic rings. The summed E-state index contributed by atoms with van der Waals surface area (Å²) in [4.78, 5) is 23.3. The first-order valence-electron chi connectivity index (χ1n) is 9.06. The molecule has 6 nitrogen and oxygen atoms in total. The molecule has 0 radical (unpaired) electrons. The van der Waals surface area contributed by atoms with E-state index in [1.54, 1.807) is 24.5 Å². The Morgan fingerprint density at radius 2 is 2.11 bits per heavy atom. The minimum atomic E-state index is -0.240. The van der Waals surface area contributed by atoms with Gasteiger partial charge in [0, 0.05) is 16.6 Å². The fourth-order valence-corrected chi connectivity index (χ4v) is 4.60. The molecule has 27 heavy (non-hydrogen) atoms. The number of hydrogen-bond acceptors (Lipinski definition) is 6. The standard InChI is InChI=1S/C20H21N3O3S/c1-25-14-7-5-6-13(10-14)23-17(24)11-26-19-18-15-8-3-2-4-9-16(15)27-20(18)22-12-21-19/h5-7,10,12H,2-4,8-9,11H2,1H3,(H,23,24). The molecule has 1 aliphatic rings. The number of amides is 1. The summed E-state index contributed by atoms with van der Waals surface area (Å²) in [5.41, 5.74) is 1.97. The van der Waals surface area contributed by atoms with Gasteiger partial charge >= 0.3 is 0 Å². The molecule has 0 spiro atoms. The Morgan fingerprint density at radius 1 is 1.22 bits per heavy atom. The van der Waals surface area contributed by atoms with Crippen molar-refractivity contribution in [1.82, 2.24) is 9.97 Å². The van der Waals surface area contributed by atoms with Crippen LogP contribution in [0.5, 0.6) is 11.6 Å². The van der Waals surface area contributed by atoms with Gasteiger partial charge in [-0.15, -0.1) is 11.3 Å². The summed E-state index contributed by atoms with van der Waals surface area (Å²) in [6, 6.07) is 7.22. The van der Waals surface area contributed by atoms with Gasteiger partial charge in [0.15, 0.2) is 6.61 Å². The number of thiophene rings is 1. The van der Waals surface area contributed by atoms with Crippen molar-refractivity contribution in [2.24, 2.45) is 0 Å². The second-order valence-corrected chi connectivity index (χ2v) is 7.58. The molecule has 2 heterocycles.